The second-order valence-electron chi connectivity index (χ2n) is 6.19. The van der Waals surface area contributed by atoms with Gasteiger partial charge in [-0.25, -0.2) is 14.8 Å². The molecule has 0 saturated heterocycles. The molecule has 0 radical (unpaired) electrons. The molecule has 2 aliphatic carbocycles. The van der Waals surface area contributed by atoms with E-state index in [0.29, 0.717) is 22.9 Å². The van der Waals surface area contributed by atoms with Crippen LogP contribution in [0.15, 0.2) is 12.4 Å². The number of nitrogens with one attached hydrogen (secondary N) is 1. The Bertz CT molecular complexity index is 517. The van der Waals surface area contributed by atoms with Gasteiger partial charge in [0.15, 0.2) is 0 Å². The van der Waals surface area contributed by atoms with Crippen molar-refractivity contribution >= 4 is 23.5 Å². The summed E-state index contributed by atoms with van der Waals surface area (Å²) in [6, 6.07) is 0.283. The number of thioether (sulfide) groups is 1. The Morgan fingerprint density at radius 3 is 2.68 bits per heavy atom. The zero-order valence-corrected chi connectivity index (χ0v) is 14.1. The molecule has 1 aromatic heterocycles. The summed E-state index contributed by atoms with van der Waals surface area (Å²) in [6.07, 6.45) is 9.21. The van der Waals surface area contributed by atoms with Gasteiger partial charge in [-0.3, -0.25) is 0 Å². The normalized spacial score (nSPS) is 24.3. The van der Waals surface area contributed by atoms with Crippen LogP contribution in [-0.4, -0.2) is 45.0 Å². The molecule has 6 heteroatoms. The first-order valence-corrected chi connectivity index (χ1v) is 9.19. The van der Waals surface area contributed by atoms with Gasteiger partial charge >= 0.3 is 6.03 Å². The number of aromatic nitrogens is 2. The van der Waals surface area contributed by atoms with Crippen molar-refractivity contribution in [1.82, 2.24) is 14.9 Å². The van der Waals surface area contributed by atoms with Crippen molar-refractivity contribution in [2.45, 2.75) is 56.2 Å². The van der Waals surface area contributed by atoms with Gasteiger partial charge in [-0.2, -0.15) is 11.8 Å². The van der Waals surface area contributed by atoms with E-state index in [1.54, 1.807) is 12.4 Å². The van der Waals surface area contributed by atoms with E-state index in [9.17, 15) is 4.79 Å². The fourth-order valence-electron chi connectivity index (χ4n) is 2.99. The summed E-state index contributed by atoms with van der Waals surface area (Å²) in [4.78, 5) is 22.9. The van der Waals surface area contributed by atoms with E-state index in [2.05, 4.69) is 22.2 Å². The lowest BCUT2D eigenvalue weighted by atomic mass is 10.2. The Morgan fingerprint density at radius 1 is 1.32 bits per heavy atom. The third kappa shape index (κ3) is 3.72. The largest absolute Gasteiger partial charge is 0.325 e. The van der Waals surface area contributed by atoms with E-state index >= 15 is 0 Å². The minimum Gasteiger partial charge on any atom is -0.325 e. The van der Waals surface area contributed by atoms with E-state index < -0.39 is 0 Å². The average molecular weight is 320 g/mol. The standard InChI is InChI=1S/C16H24N4OS/c1-3-22-14-7-6-13(8-14)20(2)16(21)19-12-9-17-15(18-10-12)11-4-5-11/h9-11,13-14H,3-8H2,1-2H3,(H,19,21). The highest BCUT2D eigenvalue weighted by molar-refractivity contribution is 7.99. The molecule has 3 rings (SSSR count). The molecule has 1 heterocycles. The molecule has 2 atom stereocenters. The van der Waals surface area contributed by atoms with Gasteiger partial charge in [-0.05, 0) is 37.9 Å². The van der Waals surface area contributed by atoms with Crippen molar-refractivity contribution in [3.8, 4) is 0 Å². The number of urea groups is 1. The average Bonchev–Trinajstić information content (AvgIpc) is 3.27. The highest BCUT2D eigenvalue weighted by Gasteiger charge is 2.30. The number of anilines is 1. The number of nitrogens with zero attached hydrogens (tertiary/aromatic N) is 3. The molecule has 2 amide bonds. The Morgan fingerprint density at radius 2 is 2.05 bits per heavy atom. The second kappa shape index (κ2) is 6.86. The SMILES string of the molecule is CCSC1CCC(N(C)C(=O)Nc2cnc(C3CC3)nc2)C1. The minimum atomic E-state index is -0.0603. The van der Waals surface area contributed by atoms with Gasteiger partial charge in [0.25, 0.3) is 0 Å². The summed E-state index contributed by atoms with van der Waals surface area (Å²) in [5, 5.41) is 3.61. The maximum atomic E-state index is 12.3. The molecular formula is C16H24N4OS. The lowest BCUT2D eigenvalue weighted by Crippen LogP contribution is -2.38. The van der Waals surface area contributed by atoms with Gasteiger partial charge in [-0.1, -0.05) is 6.92 Å². The Balaban J connectivity index is 1.52. The Hall–Kier alpha value is -1.30. The topological polar surface area (TPSA) is 58.1 Å². The van der Waals surface area contributed by atoms with E-state index in [0.717, 1.165) is 24.4 Å². The molecular weight excluding hydrogens is 296 g/mol. The van der Waals surface area contributed by atoms with Crippen LogP contribution in [0, 0.1) is 0 Å². The zero-order valence-electron chi connectivity index (χ0n) is 13.3. The Kier molecular flexibility index (Phi) is 4.86. The van der Waals surface area contributed by atoms with Crippen LogP contribution in [0.3, 0.4) is 0 Å². The number of carbonyl (C=O) groups excluding carboxylic acids is 1. The summed E-state index contributed by atoms with van der Waals surface area (Å²) < 4.78 is 0. The first-order valence-electron chi connectivity index (χ1n) is 8.14. The third-order valence-electron chi connectivity index (χ3n) is 4.49. The smallest absolute Gasteiger partial charge is 0.321 e. The van der Waals surface area contributed by atoms with E-state index in [4.69, 9.17) is 0 Å². The molecule has 1 N–H and O–H groups in total. The maximum absolute atomic E-state index is 12.3. The molecule has 2 unspecified atom stereocenters. The van der Waals surface area contributed by atoms with Crippen molar-refractivity contribution in [3.05, 3.63) is 18.2 Å². The third-order valence-corrected chi connectivity index (χ3v) is 5.73. The van der Waals surface area contributed by atoms with Gasteiger partial charge < -0.3 is 10.2 Å². The summed E-state index contributed by atoms with van der Waals surface area (Å²) in [7, 11) is 1.89. The van der Waals surface area contributed by atoms with Crippen LogP contribution in [0.4, 0.5) is 10.5 Å². The summed E-state index contributed by atoms with van der Waals surface area (Å²) in [5.41, 5.74) is 0.679. The van der Waals surface area contributed by atoms with Crippen molar-refractivity contribution in [3.63, 3.8) is 0 Å². The number of hydrogen-bond donors (Lipinski definition) is 1. The van der Waals surface area contributed by atoms with E-state index in [1.807, 2.05) is 23.7 Å². The second-order valence-corrected chi connectivity index (χ2v) is 7.77. The van der Waals surface area contributed by atoms with Crippen LogP contribution in [-0.2, 0) is 0 Å². The van der Waals surface area contributed by atoms with Crippen molar-refractivity contribution in [2.75, 3.05) is 18.1 Å². The van der Waals surface area contributed by atoms with Crippen LogP contribution < -0.4 is 5.32 Å². The van der Waals surface area contributed by atoms with Crippen LogP contribution in [0.2, 0.25) is 0 Å². The highest BCUT2D eigenvalue weighted by Crippen LogP contribution is 2.37. The van der Waals surface area contributed by atoms with Crippen LogP contribution in [0.1, 0.15) is 50.8 Å². The predicted octanol–water partition coefficient (Wildman–Crippen LogP) is 3.49. The van der Waals surface area contributed by atoms with Gasteiger partial charge in [-0.15, -0.1) is 0 Å². The molecule has 2 aliphatic rings. The van der Waals surface area contributed by atoms with Crippen LogP contribution in [0.25, 0.3) is 0 Å². The van der Waals surface area contributed by atoms with Crippen molar-refractivity contribution < 1.29 is 4.79 Å². The van der Waals surface area contributed by atoms with Gasteiger partial charge in [0.1, 0.15) is 5.82 Å². The molecule has 1 aromatic rings. The minimum absolute atomic E-state index is 0.0603. The van der Waals surface area contributed by atoms with Gasteiger partial charge in [0.05, 0.1) is 18.1 Å². The van der Waals surface area contributed by atoms with Crippen molar-refractivity contribution in [1.29, 1.82) is 0 Å². The Labute approximate surface area is 136 Å². The molecule has 5 nitrogen and oxygen atoms in total. The number of carbonyl (C=O) groups is 1. The fourth-order valence-corrected chi connectivity index (χ4v) is 4.12. The van der Waals surface area contributed by atoms with Gasteiger partial charge in [0.2, 0.25) is 0 Å². The molecule has 22 heavy (non-hydrogen) atoms. The van der Waals surface area contributed by atoms with E-state index in [-0.39, 0.29) is 6.03 Å². The van der Waals surface area contributed by atoms with Gasteiger partial charge in [0, 0.05) is 24.3 Å². The number of rotatable bonds is 5. The molecule has 0 aliphatic heterocycles. The fraction of sp³-hybridized carbons (Fsp3) is 0.688. The highest BCUT2D eigenvalue weighted by atomic mass is 32.2. The lowest BCUT2D eigenvalue weighted by Gasteiger charge is -2.24. The van der Waals surface area contributed by atoms with E-state index in [1.165, 1.54) is 19.3 Å². The molecule has 0 spiro atoms. The summed E-state index contributed by atoms with van der Waals surface area (Å²) in [5.74, 6) is 2.60. The zero-order chi connectivity index (χ0) is 15.5. The first-order chi connectivity index (χ1) is 10.7. The quantitative estimate of drug-likeness (QED) is 0.902. The number of hydrogen-bond acceptors (Lipinski definition) is 4. The molecule has 0 bridgehead atoms. The lowest BCUT2D eigenvalue weighted by molar-refractivity contribution is 0.205. The molecule has 2 fully saturated rings. The summed E-state index contributed by atoms with van der Waals surface area (Å²) >= 11 is 2.01. The maximum Gasteiger partial charge on any atom is 0.321 e. The monoisotopic (exact) mass is 320 g/mol. The first kappa shape index (κ1) is 15.6. The molecule has 120 valence electrons. The van der Waals surface area contributed by atoms with Crippen molar-refractivity contribution in [2.24, 2.45) is 0 Å². The number of amides is 2. The predicted molar refractivity (Wildman–Crippen MR) is 90.3 cm³/mol. The summed E-state index contributed by atoms with van der Waals surface area (Å²) in [6.45, 7) is 2.19. The molecule has 0 aromatic carbocycles. The molecule has 2 saturated carbocycles. The van der Waals surface area contributed by atoms with Crippen LogP contribution in [0.5, 0.6) is 0 Å². The van der Waals surface area contributed by atoms with Crippen LogP contribution >= 0.6 is 11.8 Å².